The minimum atomic E-state index is 0.0958. The molecule has 3 aliphatic heterocycles. The van der Waals surface area contributed by atoms with Crippen LogP contribution < -0.4 is 4.74 Å². The topological polar surface area (TPSA) is 9.23 Å². The number of thioether (sulfide) groups is 2. The Bertz CT molecular complexity index is 1550. The van der Waals surface area contributed by atoms with Crippen molar-refractivity contribution < 1.29 is 4.74 Å². The van der Waals surface area contributed by atoms with Gasteiger partial charge in [0.2, 0.25) is 0 Å². The van der Waals surface area contributed by atoms with Gasteiger partial charge < -0.3 is 4.74 Å². The third-order valence-corrected chi connectivity index (χ3v) is 10.1. The summed E-state index contributed by atoms with van der Waals surface area (Å²) in [4.78, 5) is 0. The number of ether oxygens (including phenoxy) is 1. The molecule has 0 fully saturated rings. The van der Waals surface area contributed by atoms with Gasteiger partial charge in [-0.25, -0.2) is 0 Å². The van der Waals surface area contributed by atoms with Crippen molar-refractivity contribution in [1.29, 1.82) is 0 Å². The Hall–Kier alpha value is -2.36. The van der Waals surface area contributed by atoms with Gasteiger partial charge in [-0.1, -0.05) is 84.0 Å². The van der Waals surface area contributed by atoms with Crippen LogP contribution in [0.25, 0.3) is 32.3 Å². The number of benzene rings is 5. The highest BCUT2D eigenvalue weighted by atomic mass is 32.2. The summed E-state index contributed by atoms with van der Waals surface area (Å²) in [5.41, 5.74) is 8.51. The fourth-order valence-corrected chi connectivity index (χ4v) is 7.94. The first-order valence-electron chi connectivity index (χ1n) is 13.6. The van der Waals surface area contributed by atoms with E-state index in [0.29, 0.717) is 0 Å². The van der Waals surface area contributed by atoms with Crippen molar-refractivity contribution in [2.24, 2.45) is 0 Å². The zero-order valence-corrected chi connectivity index (χ0v) is 25.4. The molecule has 0 aromatic heterocycles. The normalized spacial score (nSPS) is 15.1. The van der Waals surface area contributed by atoms with Crippen LogP contribution in [-0.2, 0) is 33.8 Å². The van der Waals surface area contributed by atoms with E-state index in [9.17, 15) is 0 Å². The van der Waals surface area contributed by atoms with Crippen LogP contribution in [-0.4, -0.2) is 7.11 Å². The number of hydrogen-bond acceptors (Lipinski definition) is 3. The molecule has 1 nitrogen and oxygen atoms in total. The van der Waals surface area contributed by atoms with Crippen LogP contribution in [0.5, 0.6) is 5.75 Å². The fraction of sp³-hybridized carbons (Fsp3) is 0.371. The third kappa shape index (κ3) is 4.46. The van der Waals surface area contributed by atoms with E-state index in [1.165, 1.54) is 65.7 Å². The average molecular weight is 539 g/mol. The largest absolute Gasteiger partial charge is 0.496 e. The van der Waals surface area contributed by atoms with Gasteiger partial charge in [0.15, 0.2) is 0 Å². The summed E-state index contributed by atoms with van der Waals surface area (Å²) in [5, 5.41) is 8.53. The Labute approximate surface area is 236 Å². The fourth-order valence-electron chi connectivity index (χ4n) is 5.93. The maximum atomic E-state index is 5.96. The van der Waals surface area contributed by atoms with E-state index in [4.69, 9.17) is 4.74 Å². The molecule has 0 unspecified atom stereocenters. The smallest absolute Gasteiger partial charge is 0.126 e. The van der Waals surface area contributed by atoms with Crippen LogP contribution in [0.1, 0.15) is 74.9 Å². The summed E-state index contributed by atoms with van der Waals surface area (Å²) >= 11 is 4.00. The van der Waals surface area contributed by atoms with E-state index in [2.05, 4.69) is 96.1 Å². The van der Waals surface area contributed by atoms with E-state index < -0.39 is 0 Å². The van der Waals surface area contributed by atoms with Gasteiger partial charge >= 0.3 is 0 Å². The van der Waals surface area contributed by atoms with Gasteiger partial charge in [-0.05, 0) is 77.5 Å². The van der Waals surface area contributed by atoms with Gasteiger partial charge in [0.1, 0.15) is 5.75 Å². The molecular weight excluding hydrogens is 501 g/mol. The van der Waals surface area contributed by atoms with Crippen LogP contribution in [0.2, 0.25) is 0 Å². The number of rotatable bonds is 1. The first-order chi connectivity index (χ1) is 18.0. The predicted octanol–water partition coefficient (Wildman–Crippen LogP) is 10.4. The Morgan fingerprint density at radius 3 is 1.39 bits per heavy atom. The molecule has 3 heterocycles. The Balaban J connectivity index is 1.68. The standard InChI is InChI=1S/C35H38OS2/c1-34(2,3)27-13-23-11-26-20-38-18-22-10-8-9-21(33(22)36-7)17-37-19-25-12-24-14-28(35(4,5)6)16-30(26)32(24)31(23)29(25)15-27/h8-16H,17-20H2,1-7H3. The van der Waals surface area contributed by atoms with Gasteiger partial charge in [0.25, 0.3) is 0 Å². The highest BCUT2D eigenvalue weighted by molar-refractivity contribution is 7.98. The van der Waals surface area contributed by atoms with Crippen molar-refractivity contribution >= 4 is 55.8 Å². The Kier molecular flexibility index (Phi) is 6.39. The lowest BCUT2D eigenvalue weighted by Gasteiger charge is -2.26. The summed E-state index contributed by atoms with van der Waals surface area (Å²) in [6.07, 6.45) is 0. The maximum absolute atomic E-state index is 5.96. The molecule has 0 radical (unpaired) electrons. The van der Waals surface area contributed by atoms with Gasteiger partial charge in [-0.3, -0.25) is 0 Å². The summed E-state index contributed by atoms with van der Waals surface area (Å²) in [7, 11) is 1.82. The summed E-state index contributed by atoms with van der Waals surface area (Å²) in [6, 6.07) is 21.6. The van der Waals surface area contributed by atoms with E-state index in [-0.39, 0.29) is 10.8 Å². The molecule has 0 N–H and O–H groups in total. The van der Waals surface area contributed by atoms with E-state index in [1.54, 1.807) is 0 Å². The molecule has 0 saturated carbocycles. The summed E-state index contributed by atoms with van der Waals surface area (Å²) < 4.78 is 5.96. The van der Waals surface area contributed by atoms with Crippen molar-refractivity contribution in [2.45, 2.75) is 75.4 Å². The van der Waals surface area contributed by atoms with Crippen LogP contribution in [0.15, 0.2) is 54.6 Å². The first kappa shape index (κ1) is 25.9. The molecule has 5 aromatic rings. The lowest BCUT2D eigenvalue weighted by molar-refractivity contribution is 0.408. The van der Waals surface area contributed by atoms with Gasteiger partial charge in [0.05, 0.1) is 7.11 Å². The maximum Gasteiger partial charge on any atom is 0.126 e. The lowest BCUT2D eigenvalue weighted by atomic mass is 9.79. The lowest BCUT2D eigenvalue weighted by Crippen LogP contribution is -2.12. The van der Waals surface area contributed by atoms with Crippen molar-refractivity contribution in [3.8, 4) is 5.75 Å². The average Bonchev–Trinajstić information content (AvgIpc) is 2.86. The number of para-hydroxylation sites is 1. The highest BCUT2D eigenvalue weighted by Crippen LogP contribution is 2.45. The highest BCUT2D eigenvalue weighted by Gasteiger charge is 2.23. The molecule has 8 rings (SSSR count). The molecule has 0 saturated heterocycles. The van der Waals surface area contributed by atoms with Crippen LogP contribution in [0.3, 0.4) is 0 Å². The second-order valence-electron chi connectivity index (χ2n) is 12.9. The van der Waals surface area contributed by atoms with Gasteiger partial charge in [0, 0.05) is 34.1 Å². The molecule has 10 bridgehead atoms. The molecule has 3 heteroatoms. The number of methoxy groups -OCH3 is 1. The van der Waals surface area contributed by atoms with E-state index in [0.717, 1.165) is 28.8 Å². The Morgan fingerprint density at radius 1 is 0.579 bits per heavy atom. The molecule has 0 spiro atoms. The minimum absolute atomic E-state index is 0.0958. The molecule has 0 atom stereocenters. The first-order valence-corrected chi connectivity index (χ1v) is 15.9. The van der Waals surface area contributed by atoms with Gasteiger partial charge in [-0.15, -0.1) is 0 Å². The van der Waals surface area contributed by atoms with Gasteiger partial charge in [-0.2, -0.15) is 23.5 Å². The van der Waals surface area contributed by atoms with Crippen molar-refractivity contribution in [1.82, 2.24) is 0 Å². The van der Waals surface area contributed by atoms with E-state index >= 15 is 0 Å². The zero-order valence-electron chi connectivity index (χ0n) is 23.7. The van der Waals surface area contributed by atoms with Crippen molar-refractivity contribution in [3.63, 3.8) is 0 Å². The molecule has 0 aliphatic carbocycles. The van der Waals surface area contributed by atoms with E-state index in [1.807, 2.05) is 30.6 Å². The third-order valence-electron chi connectivity index (χ3n) is 8.08. The second-order valence-corrected chi connectivity index (χ2v) is 14.9. The summed E-state index contributed by atoms with van der Waals surface area (Å²) in [5.74, 6) is 4.92. The van der Waals surface area contributed by atoms with Crippen LogP contribution in [0, 0.1) is 0 Å². The molecule has 3 aliphatic rings. The second kappa shape index (κ2) is 9.38. The molecule has 196 valence electrons. The zero-order chi connectivity index (χ0) is 26.8. The molecule has 5 aromatic carbocycles. The van der Waals surface area contributed by atoms with Crippen LogP contribution >= 0.6 is 23.5 Å². The monoisotopic (exact) mass is 538 g/mol. The van der Waals surface area contributed by atoms with Crippen LogP contribution in [0.4, 0.5) is 0 Å². The number of hydrogen-bond donors (Lipinski definition) is 0. The van der Waals surface area contributed by atoms with Crippen molar-refractivity contribution in [2.75, 3.05) is 7.11 Å². The quantitative estimate of drug-likeness (QED) is 0.196. The minimum Gasteiger partial charge on any atom is -0.496 e. The summed E-state index contributed by atoms with van der Waals surface area (Å²) in [6.45, 7) is 14.0. The predicted molar refractivity (Wildman–Crippen MR) is 171 cm³/mol. The molecule has 38 heavy (non-hydrogen) atoms. The SMILES string of the molecule is COc1c2cccc1CSCc1cc3cc(C(C)(C)C)cc4c(cc5cc(C(C)(C)C)cc1c5c34)CSC2. The Morgan fingerprint density at radius 2 is 1.00 bits per heavy atom. The molecule has 0 amide bonds. The molecular formula is C35H38OS2. The van der Waals surface area contributed by atoms with Crippen molar-refractivity contribution in [3.05, 3.63) is 88.0 Å².